The summed E-state index contributed by atoms with van der Waals surface area (Å²) >= 11 is 0. The molecule has 1 aliphatic rings. The van der Waals surface area contributed by atoms with Gasteiger partial charge in [0.25, 0.3) is 0 Å². The molecule has 21 heavy (non-hydrogen) atoms. The lowest BCUT2D eigenvalue weighted by molar-refractivity contribution is -0.893. The molecule has 1 saturated carbocycles. The largest absolute Gasteiger partial charge is 0.497 e. The van der Waals surface area contributed by atoms with Crippen LogP contribution < -0.4 is 4.74 Å². The van der Waals surface area contributed by atoms with Gasteiger partial charge in [-0.1, -0.05) is 25.0 Å². The van der Waals surface area contributed by atoms with Crippen LogP contribution in [0.25, 0.3) is 0 Å². The van der Waals surface area contributed by atoms with E-state index in [1.54, 1.807) is 7.11 Å². The van der Waals surface area contributed by atoms with Crippen molar-refractivity contribution >= 4 is 0 Å². The first-order valence-corrected chi connectivity index (χ1v) is 8.10. The number of hydrogen-bond donors (Lipinski definition) is 1. The molecule has 0 radical (unpaired) electrons. The summed E-state index contributed by atoms with van der Waals surface area (Å²) in [4.78, 5) is 0. The molecule has 0 amide bonds. The highest BCUT2D eigenvalue weighted by molar-refractivity contribution is 5.33. The van der Waals surface area contributed by atoms with Gasteiger partial charge in [-0.3, -0.25) is 0 Å². The Morgan fingerprint density at radius 1 is 1.33 bits per heavy atom. The molecule has 0 bridgehead atoms. The first-order valence-electron chi connectivity index (χ1n) is 8.10. The maximum absolute atomic E-state index is 11.4. The van der Waals surface area contributed by atoms with Crippen LogP contribution >= 0.6 is 0 Å². The van der Waals surface area contributed by atoms with E-state index < -0.39 is 5.60 Å². The van der Waals surface area contributed by atoms with E-state index in [0.717, 1.165) is 48.1 Å². The maximum atomic E-state index is 11.4. The number of benzene rings is 1. The smallest absolute Gasteiger partial charge is 0.119 e. The van der Waals surface area contributed by atoms with Crippen molar-refractivity contribution in [1.29, 1.82) is 0 Å². The zero-order valence-corrected chi connectivity index (χ0v) is 13.9. The van der Waals surface area contributed by atoms with E-state index >= 15 is 0 Å². The Bertz CT molecular complexity index is 472. The van der Waals surface area contributed by atoms with Crippen LogP contribution in [0.3, 0.4) is 0 Å². The van der Waals surface area contributed by atoms with Gasteiger partial charge in [0.1, 0.15) is 5.75 Å². The number of quaternary nitrogens is 1. The fraction of sp³-hybridized carbons (Fsp3) is 0.667. The Kier molecular flexibility index (Phi) is 4.95. The number of nitrogens with zero attached hydrogens (tertiary/aromatic N) is 1. The van der Waals surface area contributed by atoms with Gasteiger partial charge in [0.2, 0.25) is 0 Å². The van der Waals surface area contributed by atoms with Crippen molar-refractivity contribution in [3.63, 3.8) is 0 Å². The van der Waals surface area contributed by atoms with Gasteiger partial charge in [0.05, 0.1) is 39.9 Å². The van der Waals surface area contributed by atoms with E-state index in [9.17, 15) is 5.11 Å². The summed E-state index contributed by atoms with van der Waals surface area (Å²) in [6.07, 6.45) is 4.29. The lowest BCUT2D eigenvalue weighted by Crippen LogP contribution is -2.50. The standard InChI is InChI=1S/C18H30NO2/c1-5-19(2,3)14-16-9-6-7-12-18(16,20)15-10-8-11-17(13-15)21-4/h8,10-11,13,16,20H,5-7,9,12,14H2,1-4H3/q+1/t16-,18?/m1/s1. The molecule has 1 aliphatic carbocycles. The third-order valence-corrected chi connectivity index (χ3v) is 5.18. The summed E-state index contributed by atoms with van der Waals surface area (Å²) in [5.74, 6) is 1.14. The number of methoxy groups -OCH3 is 1. The number of ether oxygens (including phenoxy) is 1. The van der Waals surface area contributed by atoms with Gasteiger partial charge < -0.3 is 14.3 Å². The van der Waals surface area contributed by atoms with Crippen LogP contribution in [0.15, 0.2) is 24.3 Å². The topological polar surface area (TPSA) is 29.5 Å². The Hall–Kier alpha value is -1.06. The summed E-state index contributed by atoms with van der Waals surface area (Å²) in [6, 6.07) is 7.98. The molecule has 3 nitrogen and oxygen atoms in total. The zero-order chi connectivity index (χ0) is 15.5. The van der Waals surface area contributed by atoms with Crippen molar-refractivity contribution < 1.29 is 14.3 Å². The second kappa shape index (κ2) is 6.37. The Labute approximate surface area is 129 Å². The van der Waals surface area contributed by atoms with Crippen molar-refractivity contribution in [3.05, 3.63) is 29.8 Å². The fourth-order valence-corrected chi connectivity index (χ4v) is 3.47. The quantitative estimate of drug-likeness (QED) is 0.845. The highest BCUT2D eigenvalue weighted by atomic mass is 16.5. The number of aliphatic hydroxyl groups is 1. The van der Waals surface area contributed by atoms with Gasteiger partial charge in [-0.15, -0.1) is 0 Å². The highest BCUT2D eigenvalue weighted by Gasteiger charge is 2.43. The monoisotopic (exact) mass is 292 g/mol. The molecule has 1 N–H and O–H groups in total. The van der Waals surface area contributed by atoms with Gasteiger partial charge in [-0.05, 0) is 37.5 Å². The average Bonchev–Trinajstić information content (AvgIpc) is 2.49. The summed E-state index contributed by atoms with van der Waals surface area (Å²) in [5, 5.41) is 11.4. The summed E-state index contributed by atoms with van der Waals surface area (Å²) in [5.41, 5.74) is 0.306. The Balaban J connectivity index is 2.30. The lowest BCUT2D eigenvalue weighted by atomic mass is 9.71. The van der Waals surface area contributed by atoms with Crippen LogP contribution in [-0.2, 0) is 5.60 Å². The molecule has 118 valence electrons. The van der Waals surface area contributed by atoms with Crippen molar-refractivity contribution in [2.24, 2.45) is 5.92 Å². The molecule has 2 rings (SSSR count). The number of rotatable bonds is 5. The van der Waals surface area contributed by atoms with Crippen LogP contribution in [-0.4, -0.2) is 43.9 Å². The minimum Gasteiger partial charge on any atom is -0.497 e. The van der Waals surface area contributed by atoms with Crippen molar-refractivity contribution in [2.75, 3.05) is 34.3 Å². The molecule has 0 spiro atoms. The Morgan fingerprint density at radius 3 is 2.76 bits per heavy atom. The molecule has 2 atom stereocenters. The predicted molar refractivity (Wildman–Crippen MR) is 86.4 cm³/mol. The predicted octanol–water partition coefficient (Wildman–Crippen LogP) is 3.17. The molecule has 0 aliphatic heterocycles. The van der Waals surface area contributed by atoms with Gasteiger partial charge in [-0.2, -0.15) is 0 Å². The third kappa shape index (κ3) is 3.58. The van der Waals surface area contributed by atoms with E-state index in [-0.39, 0.29) is 0 Å². The van der Waals surface area contributed by atoms with Crippen LogP contribution in [0.1, 0.15) is 38.2 Å². The lowest BCUT2D eigenvalue weighted by Gasteiger charge is -2.44. The first kappa shape index (κ1) is 16.3. The molecule has 3 heteroatoms. The van der Waals surface area contributed by atoms with Gasteiger partial charge in [-0.25, -0.2) is 0 Å². The maximum Gasteiger partial charge on any atom is 0.119 e. The second-order valence-electron chi connectivity index (χ2n) is 7.03. The average molecular weight is 292 g/mol. The van der Waals surface area contributed by atoms with Crippen molar-refractivity contribution in [1.82, 2.24) is 0 Å². The zero-order valence-electron chi connectivity index (χ0n) is 13.9. The summed E-state index contributed by atoms with van der Waals surface area (Å²) in [7, 11) is 6.18. The van der Waals surface area contributed by atoms with Gasteiger partial charge in [0, 0.05) is 5.92 Å². The number of hydrogen-bond acceptors (Lipinski definition) is 2. The normalized spacial score (nSPS) is 26.6. The highest BCUT2D eigenvalue weighted by Crippen LogP contribution is 2.43. The summed E-state index contributed by atoms with van der Waals surface area (Å²) in [6.45, 7) is 4.32. The molecule has 1 aromatic carbocycles. The van der Waals surface area contributed by atoms with Gasteiger partial charge >= 0.3 is 0 Å². The van der Waals surface area contributed by atoms with Crippen molar-refractivity contribution in [3.8, 4) is 5.75 Å². The van der Waals surface area contributed by atoms with Gasteiger partial charge in [0.15, 0.2) is 0 Å². The molecular formula is C18H30NO2+. The van der Waals surface area contributed by atoms with E-state index in [1.165, 1.54) is 6.42 Å². The minimum absolute atomic E-state index is 0.313. The SMILES string of the molecule is CC[N+](C)(C)C[C@H]1CCCCC1(O)c1cccc(OC)c1. The molecule has 0 saturated heterocycles. The molecule has 1 unspecified atom stereocenters. The third-order valence-electron chi connectivity index (χ3n) is 5.18. The van der Waals surface area contributed by atoms with E-state index in [0.29, 0.717) is 5.92 Å². The molecule has 0 aromatic heterocycles. The van der Waals surface area contributed by atoms with Crippen LogP contribution in [0.4, 0.5) is 0 Å². The molecule has 0 heterocycles. The van der Waals surface area contributed by atoms with Crippen LogP contribution in [0, 0.1) is 5.92 Å². The van der Waals surface area contributed by atoms with Crippen LogP contribution in [0.2, 0.25) is 0 Å². The summed E-state index contributed by atoms with van der Waals surface area (Å²) < 4.78 is 6.29. The van der Waals surface area contributed by atoms with Crippen molar-refractivity contribution in [2.45, 2.75) is 38.2 Å². The Morgan fingerprint density at radius 2 is 2.10 bits per heavy atom. The van der Waals surface area contributed by atoms with E-state index in [2.05, 4.69) is 21.0 Å². The van der Waals surface area contributed by atoms with E-state index in [1.807, 2.05) is 24.3 Å². The van der Waals surface area contributed by atoms with Crippen LogP contribution in [0.5, 0.6) is 5.75 Å². The first-order chi connectivity index (χ1) is 9.91. The molecular weight excluding hydrogens is 262 g/mol. The second-order valence-corrected chi connectivity index (χ2v) is 7.03. The molecule has 1 aromatic rings. The molecule has 1 fully saturated rings. The van der Waals surface area contributed by atoms with E-state index in [4.69, 9.17) is 4.74 Å². The fourth-order valence-electron chi connectivity index (χ4n) is 3.47. The minimum atomic E-state index is -0.711.